The summed E-state index contributed by atoms with van der Waals surface area (Å²) in [6.07, 6.45) is 1.04. The molecule has 1 atom stereocenters. The molecular formula is C14H23FIN3. The van der Waals surface area contributed by atoms with E-state index in [4.69, 9.17) is 0 Å². The van der Waals surface area contributed by atoms with Crippen molar-refractivity contribution in [2.24, 2.45) is 4.99 Å². The standard InChI is InChI=1S/C14H22FN3.HI/c1-5-8-17-14(16-4)18-11(3)12-7-6-10(2)13(15)9-12;/h6-7,9,11H,5,8H2,1-4H3,(H2,16,17,18);1H. The van der Waals surface area contributed by atoms with Crippen LogP contribution in [0.3, 0.4) is 0 Å². The number of hydrogen-bond donors (Lipinski definition) is 2. The number of benzene rings is 1. The average molecular weight is 379 g/mol. The fourth-order valence-electron chi connectivity index (χ4n) is 1.60. The first-order valence-corrected chi connectivity index (χ1v) is 6.31. The minimum Gasteiger partial charge on any atom is -0.356 e. The predicted molar refractivity (Wildman–Crippen MR) is 89.8 cm³/mol. The molecule has 0 aliphatic carbocycles. The highest BCUT2D eigenvalue weighted by atomic mass is 127. The van der Waals surface area contributed by atoms with Gasteiger partial charge in [0.05, 0.1) is 6.04 Å². The summed E-state index contributed by atoms with van der Waals surface area (Å²) in [7, 11) is 1.73. The smallest absolute Gasteiger partial charge is 0.191 e. The van der Waals surface area contributed by atoms with E-state index in [0.29, 0.717) is 5.56 Å². The van der Waals surface area contributed by atoms with Crippen molar-refractivity contribution in [1.82, 2.24) is 10.6 Å². The molecule has 1 aromatic rings. The molecule has 1 unspecified atom stereocenters. The molecule has 19 heavy (non-hydrogen) atoms. The molecule has 2 N–H and O–H groups in total. The third-order valence-corrected chi connectivity index (χ3v) is 2.82. The van der Waals surface area contributed by atoms with Crippen LogP contribution in [-0.2, 0) is 0 Å². The molecule has 1 aromatic carbocycles. The van der Waals surface area contributed by atoms with Crippen molar-refractivity contribution in [2.45, 2.75) is 33.2 Å². The third kappa shape index (κ3) is 5.76. The Labute approximate surface area is 132 Å². The zero-order valence-electron chi connectivity index (χ0n) is 12.0. The number of aliphatic imine (C=N–C) groups is 1. The van der Waals surface area contributed by atoms with Gasteiger partial charge in [-0.1, -0.05) is 19.1 Å². The monoisotopic (exact) mass is 379 g/mol. The van der Waals surface area contributed by atoms with Gasteiger partial charge < -0.3 is 10.6 Å². The lowest BCUT2D eigenvalue weighted by Gasteiger charge is -2.18. The Bertz CT molecular complexity index is 421. The number of hydrogen-bond acceptors (Lipinski definition) is 1. The molecule has 0 saturated carbocycles. The third-order valence-electron chi connectivity index (χ3n) is 2.82. The second-order valence-corrected chi connectivity index (χ2v) is 4.37. The van der Waals surface area contributed by atoms with Gasteiger partial charge in [-0.2, -0.15) is 0 Å². The van der Waals surface area contributed by atoms with Gasteiger partial charge in [-0.15, -0.1) is 24.0 Å². The van der Waals surface area contributed by atoms with E-state index in [2.05, 4.69) is 22.5 Å². The molecule has 0 amide bonds. The minimum absolute atomic E-state index is 0. The zero-order chi connectivity index (χ0) is 13.5. The van der Waals surface area contributed by atoms with Crippen LogP contribution < -0.4 is 10.6 Å². The Balaban J connectivity index is 0.00000324. The predicted octanol–water partition coefficient (Wildman–Crippen LogP) is 3.39. The number of rotatable bonds is 4. The molecule has 1 rings (SSSR count). The van der Waals surface area contributed by atoms with E-state index in [1.165, 1.54) is 0 Å². The Morgan fingerprint density at radius 2 is 2.11 bits per heavy atom. The van der Waals surface area contributed by atoms with Crippen LogP contribution in [0.5, 0.6) is 0 Å². The highest BCUT2D eigenvalue weighted by molar-refractivity contribution is 14.0. The zero-order valence-corrected chi connectivity index (χ0v) is 14.3. The van der Waals surface area contributed by atoms with Crippen LogP contribution in [0.1, 0.15) is 37.4 Å². The lowest BCUT2D eigenvalue weighted by atomic mass is 10.1. The molecule has 0 heterocycles. The van der Waals surface area contributed by atoms with Crippen LogP contribution in [-0.4, -0.2) is 19.6 Å². The first-order chi connectivity index (χ1) is 8.58. The Morgan fingerprint density at radius 3 is 2.63 bits per heavy atom. The highest BCUT2D eigenvalue weighted by Crippen LogP contribution is 2.16. The lowest BCUT2D eigenvalue weighted by molar-refractivity contribution is 0.607. The van der Waals surface area contributed by atoms with Crippen molar-refractivity contribution in [2.75, 3.05) is 13.6 Å². The Kier molecular flexibility index (Phi) is 8.71. The van der Waals surface area contributed by atoms with Crippen molar-refractivity contribution in [3.63, 3.8) is 0 Å². The van der Waals surface area contributed by atoms with Gasteiger partial charge in [0.15, 0.2) is 5.96 Å². The molecule has 3 nitrogen and oxygen atoms in total. The van der Waals surface area contributed by atoms with E-state index in [1.807, 2.05) is 13.0 Å². The minimum atomic E-state index is -0.169. The average Bonchev–Trinajstić information content (AvgIpc) is 2.37. The Hall–Kier alpha value is -0.850. The van der Waals surface area contributed by atoms with Crippen LogP contribution in [0, 0.1) is 12.7 Å². The lowest BCUT2D eigenvalue weighted by Crippen LogP contribution is -2.39. The molecule has 0 fully saturated rings. The van der Waals surface area contributed by atoms with Gasteiger partial charge in [0.1, 0.15) is 5.82 Å². The largest absolute Gasteiger partial charge is 0.356 e. The maximum Gasteiger partial charge on any atom is 0.191 e. The fourth-order valence-corrected chi connectivity index (χ4v) is 1.60. The van der Waals surface area contributed by atoms with Gasteiger partial charge in [-0.05, 0) is 37.5 Å². The summed E-state index contributed by atoms with van der Waals surface area (Å²) >= 11 is 0. The fraction of sp³-hybridized carbons (Fsp3) is 0.500. The summed E-state index contributed by atoms with van der Waals surface area (Å²) in [6.45, 7) is 6.72. The maximum absolute atomic E-state index is 13.5. The van der Waals surface area contributed by atoms with E-state index in [-0.39, 0.29) is 35.8 Å². The molecule has 0 radical (unpaired) electrons. The summed E-state index contributed by atoms with van der Waals surface area (Å²) in [5, 5.41) is 6.43. The summed E-state index contributed by atoms with van der Waals surface area (Å²) in [5.41, 5.74) is 1.58. The molecule has 108 valence electrons. The van der Waals surface area contributed by atoms with Gasteiger partial charge in [0.2, 0.25) is 0 Å². The van der Waals surface area contributed by atoms with Crippen LogP contribution in [0.4, 0.5) is 4.39 Å². The molecule has 0 saturated heterocycles. The maximum atomic E-state index is 13.5. The second-order valence-electron chi connectivity index (χ2n) is 4.37. The number of nitrogens with one attached hydrogen (secondary N) is 2. The molecule has 0 bridgehead atoms. The number of halogens is 2. The first-order valence-electron chi connectivity index (χ1n) is 6.31. The molecule has 0 aliphatic heterocycles. The quantitative estimate of drug-likeness (QED) is 0.478. The van der Waals surface area contributed by atoms with Gasteiger partial charge >= 0.3 is 0 Å². The molecule has 0 spiro atoms. The SMILES string of the molecule is CCCNC(=NC)NC(C)c1ccc(C)c(F)c1.I. The van der Waals surface area contributed by atoms with E-state index < -0.39 is 0 Å². The molecule has 5 heteroatoms. The molecule has 0 aliphatic rings. The van der Waals surface area contributed by atoms with Crippen molar-refractivity contribution in [3.05, 3.63) is 35.1 Å². The van der Waals surface area contributed by atoms with Crippen LogP contribution >= 0.6 is 24.0 Å². The Morgan fingerprint density at radius 1 is 1.42 bits per heavy atom. The van der Waals surface area contributed by atoms with Crippen LogP contribution in [0.25, 0.3) is 0 Å². The molecular weight excluding hydrogens is 356 g/mol. The van der Waals surface area contributed by atoms with E-state index >= 15 is 0 Å². The van der Waals surface area contributed by atoms with Crippen molar-refractivity contribution in [3.8, 4) is 0 Å². The number of aryl methyl sites for hydroxylation is 1. The van der Waals surface area contributed by atoms with Crippen molar-refractivity contribution >= 4 is 29.9 Å². The van der Waals surface area contributed by atoms with Crippen molar-refractivity contribution < 1.29 is 4.39 Å². The first kappa shape index (κ1) is 18.1. The van der Waals surface area contributed by atoms with E-state index in [9.17, 15) is 4.39 Å². The summed E-state index contributed by atoms with van der Waals surface area (Å²) in [5.74, 6) is 0.572. The van der Waals surface area contributed by atoms with Crippen LogP contribution in [0.2, 0.25) is 0 Å². The van der Waals surface area contributed by atoms with Gasteiger partial charge in [-0.3, -0.25) is 4.99 Å². The number of guanidine groups is 1. The number of nitrogens with zero attached hydrogens (tertiary/aromatic N) is 1. The highest BCUT2D eigenvalue weighted by Gasteiger charge is 2.09. The normalized spacial score (nSPS) is 12.6. The van der Waals surface area contributed by atoms with Gasteiger partial charge in [0.25, 0.3) is 0 Å². The van der Waals surface area contributed by atoms with E-state index in [0.717, 1.165) is 24.5 Å². The van der Waals surface area contributed by atoms with E-state index in [1.54, 1.807) is 26.1 Å². The molecule has 0 aromatic heterocycles. The second kappa shape index (κ2) is 9.12. The van der Waals surface area contributed by atoms with Gasteiger partial charge in [-0.25, -0.2) is 4.39 Å². The summed E-state index contributed by atoms with van der Waals surface area (Å²) in [4.78, 5) is 4.13. The van der Waals surface area contributed by atoms with Gasteiger partial charge in [0, 0.05) is 13.6 Å². The summed E-state index contributed by atoms with van der Waals surface area (Å²) in [6, 6.07) is 5.32. The van der Waals surface area contributed by atoms with Crippen molar-refractivity contribution in [1.29, 1.82) is 0 Å². The summed E-state index contributed by atoms with van der Waals surface area (Å²) < 4.78 is 13.5. The van der Waals surface area contributed by atoms with Crippen LogP contribution in [0.15, 0.2) is 23.2 Å². The topological polar surface area (TPSA) is 36.4 Å².